The van der Waals surface area contributed by atoms with Gasteiger partial charge in [0.05, 0.1) is 48.7 Å². The van der Waals surface area contributed by atoms with E-state index in [4.69, 9.17) is 4.74 Å². The van der Waals surface area contributed by atoms with Crippen molar-refractivity contribution in [3.05, 3.63) is 127 Å². The minimum Gasteiger partial charge on any atom is -0.465 e. The highest BCUT2D eigenvalue weighted by Crippen LogP contribution is 2.27. The maximum absolute atomic E-state index is 13.3. The Morgan fingerprint density at radius 3 is 1.95 bits per heavy atom. The third-order valence-electron chi connectivity index (χ3n) is 9.54. The summed E-state index contributed by atoms with van der Waals surface area (Å²) in [6.45, 7) is 3.59. The van der Waals surface area contributed by atoms with Crippen LogP contribution in [0.2, 0.25) is 0 Å². The summed E-state index contributed by atoms with van der Waals surface area (Å²) < 4.78 is 4.72. The van der Waals surface area contributed by atoms with Gasteiger partial charge >= 0.3 is 12.2 Å². The van der Waals surface area contributed by atoms with Gasteiger partial charge in [-0.25, -0.2) is 19.6 Å². The van der Waals surface area contributed by atoms with Crippen LogP contribution in [0.3, 0.4) is 0 Å². The highest BCUT2D eigenvalue weighted by Gasteiger charge is 2.34. The van der Waals surface area contributed by atoms with Crippen molar-refractivity contribution in [3.8, 4) is 33.8 Å². The van der Waals surface area contributed by atoms with Crippen molar-refractivity contribution in [1.82, 2.24) is 45.8 Å². The van der Waals surface area contributed by atoms with Crippen LogP contribution in [0.1, 0.15) is 55.6 Å². The first-order valence-electron chi connectivity index (χ1n) is 18.0. The summed E-state index contributed by atoms with van der Waals surface area (Å²) in [5.74, 6) is -0.0357. The summed E-state index contributed by atoms with van der Waals surface area (Å²) in [6.07, 6.45) is 11.2. The van der Waals surface area contributed by atoms with E-state index in [-0.39, 0.29) is 5.92 Å². The molecule has 0 saturated carbocycles. The summed E-state index contributed by atoms with van der Waals surface area (Å²) in [7, 11) is 2.64. The third-order valence-corrected chi connectivity index (χ3v) is 9.54. The van der Waals surface area contributed by atoms with E-state index >= 15 is 0 Å². The Morgan fingerprint density at radius 1 is 0.768 bits per heavy atom. The molecule has 5 atom stereocenters. The molecular formula is C41H43N9O6. The first-order chi connectivity index (χ1) is 27.0. The van der Waals surface area contributed by atoms with Crippen molar-refractivity contribution in [2.75, 3.05) is 14.2 Å². The van der Waals surface area contributed by atoms with Gasteiger partial charge in [-0.1, -0.05) is 78.9 Å². The molecule has 6 rings (SSSR count). The van der Waals surface area contributed by atoms with Crippen LogP contribution in [0.5, 0.6) is 0 Å². The molecule has 0 saturated heterocycles. The lowest BCUT2D eigenvalue weighted by atomic mass is 9.91. The van der Waals surface area contributed by atoms with Gasteiger partial charge in [0.2, 0.25) is 11.8 Å². The Hall–Kier alpha value is -7.03. The molecule has 0 spiro atoms. The van der Waals surface area contributed by atoms with E-state index in [0.29, 0.717) is 29.3 Å². The highest BCUT2D eigenvalue weighted by atomic mass is 16.5. The Labute approximate surface area is 323 Å². The standard InChI is InChI=1S/C41H43N9O6/c1-24(45-38(51)34(49-40(53)56-4)28-11-7-5-8-12-28)36-43-22-32(47-36)27-17-15-26(16-18-27)31-20-19-30(21-42-31)33-23-44-37(48-33)25(2)46-39(52)35(50(3)41(54)55)29-13-9-6-10-14-29/h5-13,15-25,29,34-35H,14H2,1-4H3,(H,43,47)(H,44,48)(H,45,51)(H,46,52)(H,49,53)(H,54,55)/t24-,25-,29?,34+,35+/m0/s1. The molecule has 288 valence electrons. The zero-order valence-corrected chi connectivity index (χ0v) is 31.3. The van der Waals surface area contributed by atoms with Crippen LogP contribution < -0.4 is 16.0 Å². The molecule has 0 fully saturated rings. The number of rotatable bonds is 13. The largest absolute Gasteiger partial charge is 0.465 e. The van der Waals surface area contributed by atoms with E-state index in [2.05, 4.69) is 40.9 Å². The molecule has 15 nitrogen and oxygen atoms in total. The van der Waals surface area contributed by atoms with Crippen molar-refractivity contribution in [3.63, 3.8) is 0 Å². The predicted molar refractivity (Wildman–Crippen MR) is 209 cm³/mol. The van der Waals surface area contributed by atoms with Crippen LogP contribution >= 0.6 is 0 Å². The number of carboxylic acid groups (broad SMARTS) is 1. The molecule has 2 aromatic carbocycles. The average Bonchev–Trinajstić information content (AvgIpc) is 3.93. The van der Waals surface area contributed by atoms with Crippen LogP contribution in [-0.2, 0) is 14.3 Å². The second-order valence-electron chi connectivity index (χ2n) is 13.4. The smallest absolute Gasteiger partial charge is 0.407 e. The third kappa shape index (κ3) is 9.01. The lowest BCUT2D eigenvalue weighted by Crippen LogP contribution is -2.51. The van der Waals surface area contributed by atoms with Crippen molar-refractivity contribution >= 4 is 24.0 Å². The first kappa shape index (κ1) is 38.7. The summed E-state index contributed by atoms with van der Waals surface area (Å²) in [5, 5.41) is 18.0. The highest BCUT2D eigenvalue weighted by molar-refractivity contribution is 5.87. The summed E-state index contributed by atoms with van der Waals surface area (Å²) in [4.78, 5) is 71.5. The van der Waals surface area contributed by atoms with E-state index < -0.39 is 48.2 Å². The average molecular weight is 758 g/mol. The lowest BCUT2D eigenvalue weighted by molar-refractivity contribution is -0.127. The summed E-state index contributed by atoms with van der Waals surface area (Å²) in [6, 6.07) is 17.7. The lowest BCUT2D eigenvalue weighted by Gasteiger charge is -2.31. The Kier molecular flexibility index (Phi) is 12.0. The van der Waals surface area contributed by atoms with Crippen molar-refractivity contribution in [2.24, 2.45) is 5.92 Å². The summed E-state index contributed by atoms with van der Waals surface area (Å²) in [5.41, 5.74) is 5.43. The second-order valence-corrected chi connectivity index (χ2v) is 13.4. The van der Waals surface area contributed by atoms with Gasteiger partial charge in [-0.05, 0) is 43.5 Å². The van der Waals surface area contributed by atoms with Crippen LogP contribution in [0.4, 0.5) is 9.59 Å². The maximum atomic E-state index is 13.3. The van der Waals surface area contributed by atoms with Gasteiger partial charge in [0.1, 0.15) is 23.7 Å². The van der Waals surface area contributed by atoms with Crippen molar-refractivity contribution < 1.29 is 29.0 Å². The van der Waals surface area contributed by atoms with E-state index in [0.717, 1.165) is 33.0 Å². The maximum Gasteiger partial charge on any atom is 0.407 e. The SMILES string of the molecule is COC(=O)N[C@@H](C(=O)N[C@@H](C)c1ncc(-c2ccc(-c3ccc(-c4cnc([C@H](C)NC(=O)[C@@H](C5C=CC=CC5)N(C)C(=O)O)[nH]4)cn3)cc2)[nH]1)c1ccccc1. The van der Waals surface area contributed by atoms with E-state index in [1.807, 2.05) is 66.8 Å². The van der Waals surface area contributed by atoms with Crippen molar-refractivity contribution in [2.45, 2.75) is 44.4 Å². The number of imidazole rings is 2. The molecule has 3 heterocycles. The molecule has 56 heavy (non-hydrogen) atoms. The van der Waals surface area contributed by atoms with Crippen LogP contribution in [-0.4, -0.2) is 79.1 Å². The fourth-order valence-electron chi connectivity index (χ4n) is 6.42. The fraction of sp³-hybridized carbons (Fsp3) is 0.244. The number of likely N-dealkylation sites (N-methyl/N-ethyl adjacent to an activating group) is 1. The number of aromatic amines is 2. The molecule has 4 amide bonds. The predicted octanol–water partition coefficient (Wildman–Crippen LogP) is 6.09. The van der Waals surface area contributed by atoms with Gasteiger partial charge in [0, 0.05) is 30.3 Å². The minimum absolute atomic E-state index is 0.284. The first-order valence-corrected chi connectivity index (χ1v) is 18.0. The van der Waals surface area contributed by atoms with Gasteiger partial charge in [-0.15, -0.1) is 0 Å². The Bertz CT molecular complexity index is 2210. The Balaban J connectivity index is 1.07. The van der Waals surface area contributed by atoms with Gasteiger partial charge < -0.3 is 35.8 Å². The quantitative estimate of drug-likeness (QED) is 0.0820. The number of hydrogen-bond donors (Lipinski definition) is 6. The number of methoxy groups -OCH3 is 1. The topological polar surface area (TPSA) is 207 Å². The zero-order chi connectivity index (χ0) is 39.8. The van der Waals surface area contributed by atoms with Crippen LogP contribution in [0.25, 0.3) is 33.8 Å². The van der Waals surface area contributed by atoms with Gasteiger partial charge in [-0.2, -0.15) is 0 Å². The number of carbonyl (C=O) groups excluding carboxylic acids is 3. The number of benzene rings is 2. The molecule has 3 aromatic heterocycles. The number of ether oxygens (including phenoxy) is 1. The molecule has 0 aliphatic heterocycles. The number of carbonyl (C=O) groups is 4. The van der Waals surface area contributed by atoms with E-state index in [9.17, 15) is 24.3 Å². The number of pyridine rings is 1. The molecule has 0 bridgehead atoms. The number of aromatic nitrogens is 5. The van der Waals surface area contributed by atoms with E-state index in [1.54, 1.807) is 56.7 Å². The van der Waals surface area contributed by atoms with Gasteiger partial charge in [0.15, 0.2) is 0 Å². The minimum atomic E-state index is -1.18. The molecule has 1 aliphatic carbocycles. The fourth-order valence-corrected chi connectivity index (χ4v) is 6.42. The number of alkyl carbamates (subject to hydrolysis) is 1. The monoisotopic (exact) mass is 757 g/mol. The zero-order valence-electron chi connectivity index (χ0n) is 31.3. The number of hydrogen-bond acceptors (Lipinski definition) is 8. The molecule has 6 N–H and O–H groups in total. The number of nitrogens with zero attached hydrogens (tertiary/aromatic N) is 4. The molecule has 15 heteroatoms. The molecule has 5 aromatic rings. The van der Waals surface area contributed by atoms with E-state index in [1.165, 1.54) is 14.2 Å². The molecular weight excluding hydrogens is 715 g/mol. The van der Waals surface area contributed by atoms with Gasteiger partial charge in [-0.3, -0.25) is 19.5 Å². The molecule has 0 radical (unpaired) electrons. The summed E-state index contributed by atoms with van der Waals surface area (Å²) >= 11 is 0. The van der Waals surface area contributed by atoms with Crippen LogP contribution in [0, 0.1) is 5.92 Å². The number of H-pyrrole nitrogens is 2. The van der Waals surface area contributed by atoms with Gasteiger partial charge in [0.25, 0.3) is 0 Å². The molecule has 1 aliphatic rings. The Morgan fingerprint density at radius 2 is 1.38 bits per heavy atom. The van der Waals surface area contributed by atoms with Crippen LogP contribution in [0.15, 0.2) is 110 Å². The second kappa shape index (κ2) is 17.4. The number of amides is 4. The van der Waals surface area contributed by atoms with Crippen molar-refractivity contribution in [1.29, 1.82) is 0 Å². The molecule has 1 unspecified atom stereocenters. The normalized spacial score (nSPS) is 15.5. The number of nitrogens with one attached hydrogen (secondary N) is 5. The number of allylic oxidation sites excluding steroid dienone is 3.